The van der Waals surface area contributed by atoms with Gasteiger partial charge in [0.2, 0.25) is 11.7 Å². The number of ketones is 2. The van der Waals surface area contributed by atoms with Crippen LogP contribution in [0.5, 0.6) is 11.5 Å². The summed E-state index contributed by atoms with van der Waals surface area (Å²) in [6.07, 6.45) is 3.04. The van der Waals surface area contributed by atoms with Crippen molar-refractivity contribution in [2.45, 2.75) is 38.3 Å². The van der Waals surface area contributed by atoms with E-state index < -0.39 is 68.4 Å². The van der Waals surface area contributed by atoms with E-state index in [2.05, 4.69) is 0 Å². The summed E-state index contributed by atoms with van der Waals surface area (Å²) in [6, 6.07) is 11.4. The SMILES string of the molecule is COC1=C[C@]2(CC(C)(C)N3C(=O)[C@@]4(C(=C(O)c5ccc(OC)cc5)C(=O)C(=O)N4c4ccccc4O)C(C(N)=O)=C32)C(C)=CC1=O. The zero-order valence-electron chi connectivity index (χ0n) is 25.7. The summed E-state index contributed by atoms with van der Waals surface area (Å²) in [7, 11) is 2.76. The van der Waals surface area contributed by atoms with Gasteiger partial charge < -0.3 is 30.3 Å². The Morgan fingerprint density at radius 3 is 2.20 bits per heavy atom. The number of primary amides is 1. The number of aliphatic hydroxyl groups excluding tert-OH is 1. The van der Waals surface area contributed by atoms with Crippen LogP contribution in [0.3, 0.4) is 0 Å². The quantitative estimate of drug-likeness (QED) is 0.256. The number of amides is 3. The Kier molecular flexibility index (Phi) is 6.56. The van der Waals surface area contributed by atoms with E-state index >= 15 is 4.79 Å². The number of hydrogen-bond acceptors (Lipinski definition) is 9. The minimum absolute atomic E-state index is 0.0359. The lowest BCUT2D eigenvalue weighted by Gasteiger charge is -2.39. The second-order valence-electron chi connectivity index (χ2n) is 12.2. The number of nitrogens with zero attached hydrogens (tertiary/aromatic N) is 2. The van der Waals surface area contributed by atoms with Crippen molar-refractivity contribution in [1.82, 2.24) is 4.90 Å². The molecule has 2 aromatic carbocycles. The number of phenolic OH excluding ortho intramolecular Hbond substituents is 1. The number of hydrogen-bond donors (Lipinski definition) is 3. The molecule has 2 fully saturated rings. The van der Waals surface area contributed by atoms with Crippen molar-refractivity contribution in [3.8, 4) is 11.5 Å². The minimum atomic E-state index is -2.65. The molecule has 12 heteroatoms. The second-order valence-corrected chi connectivity index (χ2v) is 12.2. The number of nitrogens with two attached hydrogens (primary N) is 1. The van der Waals surface area contributed by atoms with Gasteiger partial charge in [-0.05, 0) is 75.7 Å². The molecular formula is C34H31N3O9. The van der Waals surface area contributed by atoms with Crippen molar-refractivity contribution < 1.29 is 43.7 Å². The normalized spacial score (nSPS) is 26.2. The van der Waals surface area contributed by atoms with Crippen LogP contribution in [0, 0.1) is 5.41 Å². The van der Waals surface area contributed by atoms with E-state index in [0.29, 0.717) is 11.3 Å². The molecule has 2 saturated heterocycles. The van der Waals surface area contributed by atoms with Gasteiger partial charge in [0.1, 0.15) is 17.3 Å². The fraction of sp³-hybridized carbons (Fsp3) is 0.265. The lowest BCUT2D eigenvalue weighted by Crippen LogP contribution is -2.59. The third kappa shape index (κ3) is 3.69. The van der Waals surface area contributed by atoms with Gasteiger partial charge in [0, 0.05) is 16.8 Å². The highest BCUT2D eigenvalue weighted by Gasteiger charge is 2.75. The third-order valence-electron chi connectivity index (χ3n) is 9.26. The first-order valence-corrected chi connectivity index (χ1v) is 14.3. The van der Waals surface area contributed by atoms with Crippen molar-refractivity contribution in [1.29, 1.82) is 0 Å². The van der Waals surface area contributed by atoms with E-state index in [9.17, 15) is 29.4 Å². The van der Waals surface area contributed by atoms with Crippen LogP contribution in [0.2, 0.25) is 0 Å². The minimum Gasteiger partial charge on any atom is -0.507 e. The Morgan fingerprint density at radius 1 is 0.957 bits per heavy atom. The number of fused-ring (bicyclic) bond motifs is 2. The summed E-state index contributed by atoms with van der Waals surface area (Å²) < 4.78 is 10.6. The zero-order chi connectivity index (χ0) is 33.5. The highest BCUT2D eigenvalue weighted by molar-refractivity contribution is 6.56. The largest absolute Gasteiger partial charge is 0.507 e. The van der Waals surface area contributed by atoms with Crippen LogP contribution in [0.15, 0.2) is 88.9 Å². The molecule has 2 spiro atoms. The Morgan fingerprint density at radius 2 is 1.61 bits per heavy atom. The topological polar surface area (TPSA) is 177 Å². The average molecular weight is 626 g/mol. The maximum Gasteiger partial charge on any atom is 0.300 e. The highest BCUT2D eigenvalue weighted by atomic mass is 16.5. The molecule has 12 nitrogen and oxygen atoms in total. The Hall–Kier alpha value is -5.65. The van der Waals surface area contributed by atoms with Crippen molar-refractivity contribution in [2.75, 3.05) is 19.1 Å². The van der Waals surface area contributed by atoms with Gasteiger partial charge in [0.25, 0.3) is 11.7 Å². The summed E-state index contributed by atoms with van der Waals surface area (Å²) >= 11 is 0. The highest BCUT2D eigenvalue weighted by Crippen LogP contribution is 2.64. The maximum absolute atomic E-state index is 15.3. The number of anilines is 1. The van der Waals surface area contributed by atoms with E-state index in [-0.39, 0.29) is 29.1 Å². The van der Waals surface area contributed by atoms with Gasteiger partial charge in [-0.1, -0.05) is 17.7 Å². The van der Waals surface area contributed by atoms with Crippen LogP contribution in [0.4, 0.5) is 5.69 Å². The average Bonchev–Trinajstić information content (AvgIpc) is 3.52. The molecule has 3 amide bonds. The molecule has 0 bridgehead atoms. The first kappa shape index (κ1) is 30.4. The van der Waals surface area contributed by atoms with Crippen molar-refractivity contribution in [2.24, 2.45) is 11.1 Å². The number of benzene rings is 2. The molecule has 1 aliphatic carbocycles. The van der Waals surface area contributed by atoms with Crippen LogP contribution < -0.4 is 15.4 Å². The first-order valence-electron chi connectivity index (χ1n) is 14.3. The third-order valence-corrected chi connectivity index (χ3v) is 9.26. The smallest absolute Gasteiger partial charge is 0.300 e. The molecule has 6 rings (SSSR count). The molecule has 0 saturated carbocycles. The molecule has 3 aliphatic heterocycles. The van der Waals surface area contributed by atoms with E-state index in [0.717, 1.165) is 4.90 Å². The van der Waals surface area contributed by atoms with Crippen molar-refractivity contribution in [3.63, 3.8) is 0 Å². The number of carbonyl (C=O) groups is 5. The Labute approximate surface area is 263 Å². The van der Waals surface area contributed by atoms with Gasteiger partial charge in [-0.3, -0.25) is 28.9 Å². The van der Waals surface area contributed by atoms with Crippen LogP contribution in [0.1, 0.15) is 32.8 Å². The molecule has 46 heavy (non-hydrogen) atoms. The first-order chi connectivity index (χ1) is 21.7. The molecule has 2 atom stereocenters. The molecule has 236 valence electrons. The molecule has 3 heterocycles. The molecular weight excluding hydrogens is 594 g/mol. The van der Waals surface area contributed by atoms with Crippen LogP contribution in [-0.2, 0) is 28.7 Å². The number of Topliss-reactive ketones (excluding diaryl/α,β-unsaturated/α-hetero) is 1. The molecule has 2 aromatic rings. The lowest BCUT2D eigenvalue weighted by atomic mass is 9.68. The summed E-state index contributed by atoms with van der Waals surface area (Å²) in [5.74, 6) is -5.92. The van der Waals surface area contributed by atoms with Crippen LogP contribution in [0.25, 0.3) is 5.76 Å². The van der Waals surface area contributed by atoms with E-state index in [1.54, 1.807) is 20.8 Å². The van der Waals surface area contributed by atoms with Crippen molar-refractivity contribution >= 4 is 40.7 Å². The molecule has 4 N–H and O–H groups in total. The van der Waals surface area contributed by atoms with Gasteiger partial charge in [0.15, 0.2) is 11.3 Å². The number of ether oxygens (including phenoxy) is 2. The molecule has 0 radical (unpaired) electrons. The number of phenols is 1. The number of para-hydroxylation sites is 2. The standard InChI is InChI=1S/C34H31N3O9/c1-17-14-22(39)23(46-5)15-33(17)16-32(2,3)37-28(33)25(29(35)42)34(31(37)44)24(26(40)18-10-12-19(45-4)13-11-18)27(41)30(43)36(34)20-8-6-7-9-21(20)38/h6-15,38,40H,16H2,1-5H3,(H2,35,42)/t33-,34+/m0/s1. The van der Waals surface area contributed by atoms with Gasteiger partial charge in [-0.15, -0.1) is 0 Å². The number of carbonyl (C=O) groups excluding carboxylic acids is 5. The number of aliphatic hydroxyl groups is 1. The summed E-state index contributed by atoms with van der Waals surface area (Å²) in [5.41, 5.74) is 0.182. The van der Waals surface area contributed by atoms with E-state index in [1.165, 1.54) is 79.8 Å². The summed E-state index contributed by atoms with van der Waals surface area (Å²) in [5, 5.41) is 22.8. The molecule has 0 aromatic heterocycles. The van der Waals surface area contributed by atoms with E-state index in [4.69, 9.17) is 15.2 Å². The summed E-state index contributed by atoms with van der Waals surface area (Å²) in [6.45, 7) is 5.13. The van der Waals surface area contributed by atoms with E-state index in [1.807, 2.05) is 0 Å². The Balaban J connectivity index is 1.81. The molecule has 0 unspecified atom stereocenters. The number of rotatable bonds is 5. The fourth-order valence-electron chi connectivity index (χ4n) is 7.40. The fourth-order valence-corrected chi connectivity index (χ4v) is 7.40. The summed E-state index contributed by atoms with van der Waals surface area (Å²) in [4.78, 5) is 72.3. The predicted molar refractivity (Wildman–Crippen MR) is 164 cm³/mol. The lowest BCUT2D eigenvalue weighted by molar-refractivity contribution is -0.135. The number of aromatic hydroxyl groups is 1. The van der Waals surface area contributed by atoms with Crippen LogP contribution >= 0.6 is 0 Å². The van der Waals surface area contributed by atoms with Gasteiger partial charge in [0.05, 0.1) is 36.5 Å². The zero-order valence-corrected chi connectivity index (χ0v) is 25.7. The van der Waals surface area contributed by atoms with Crippen LogP contribution in [-0.4, -0.2) is 69.7 Å². The molecule has 4 aliphatic rings. The van der Waals surface area contributed by atoms with Gasteiger partial charge in [-0.2, -0.15) is 0 Å². The number of methoxy groups -OCH3 is 2. The van der Waals surface area contributed by atoms with Gasteiger partial charge in [-0.25, -0.2) is 0 Å². The van der Waals surface area contributed by atoms with Crippen molar-refractivity contribution in [3.05, 3.63) is 94.4 Å². The van der Waals surface area contributed by atoms with Gasteiger partial charge >= 0.3 is 5.91 Å². The number of allylic oxidation sites excluding steroid dienone is 2. The Bertz CT molecular complexity index is 1920. The second kappa shape index (κ2) is 9.93. The predicted octanol–water partition coefficient (Wildman–Crippen LogP) is 2.83. The maximum atomic E-state index is 15.3. The monoisotopic (exact) mass is 625 g/mol.